The molecule has 0 radical (unpaired) electrons. The SMILES string of the molecule is CC(=O)N[C@H]1[C@H](O[C@H]2[C@@H](O)[C@@H](CO)O[C@@H](O[C@H]3[C@H](O)[C@@H](O)C(O)O[C@@H]3CO)[C@@H]2O)O[C@H](CO)[C@@H](O[C@@H]2O[C@@H](C)[C@@H](O)[C@@H](O)[C@@H]2O)[C@@H]1O[C@@H]1O[C@H](CO)[C@@H](O)[C@H](O[C@]2(C(=O)O)C[C@H](O)[C@@H](NC(C)=O)[C@@H]([C@H](O)[C@H](O)CO)O2)[C@@H]1O. The zero-order valence-corrected chi connectivity index (χ0v) is 41.8. The maximum Gasteiger partial charge on any atom is 0.364 e. The maximum absolute atomic E-state index is 13.2. The summed E-state index contributed by atoms with van der Waals surface area (Å²) < 4.78 is 63.7. The summed E-state index contributed by atoms with van der Waals surface area (Å²) in [4.78, 5) is 38.5. The normalized spacial score (nSPS) is 48.1. The maximum atomic E-state index is 13.2. The molecular formula is C43H72N2O33. The Labute approximate surface area is 441 Å². The Morgan fingerprint density at radius 1 is 0.526 bits per heavy atom. The van der Waals surface area contributed by atoms with Crippen molar-refractivity contribution in [3.63, 3.8) is 0 Å². The van der Waals surface area contributed by atoms with Gasteiger partial charge in [0.15, 0.2) is 31.5 Å². The highest BCUT2D eigenvalue weighted by molar-refractivity contribution is 5.76. The predicted molar refractivity (Wildman–Crippen MR) is 238 cm³/mol. The molecule has 0 bridgehead atoms. The lowest BCUT2D eigenvalue weighted by molar-refractivity contribution is -0.399. The quantitative estimate of drug-likeness (QED) is 0.0538. The lowest BCUT2D eigenvalue weighted by atomic mass is 9.88. The van der Waals surface area contributed by atoms with E-state index in [4.69, 9.17) is 52.1 Å². The van der Waals surface area contributed by atoms with Crippen LogP contribution in [0, 0.1) is 0 Å². The zero-order chi connectivity index (χ0) is 58.0. The minimum atomic E-state index is -3.27. The highest BCUT2D eigenvalue weighted by Crippen LogP contribution is 2.40. The van der Waals surface area contributed by atoms with E-state index in [9.17, 15) is 111 Å². The van der Waals surface area contributed by atoms with Gasteiger partial charge in [-0.1, -0.05) is 0 Å². The van der Waals surface area contributed by atoms with Crippen LogP contribution in [0.25, 0.3) is 0 Å². The number of aliphatic carboxylic acids is 1. The standard InChI is InChI=1S/C43H72N2O33/c1-10-21(55)25(59)28(62)39(68-10)74-32-18(9-50)72-38(76-35-23(57)15(6-47)70-40(29(35)63)73-31-17(8-49)69-37(65)27(61)26(31)60)20(45-12(3)52)34(32)75-41-30(64)36(24(58)16(7-48)71-41)78-43(42(66)67)4-13(53)19(44-11(2)51)33(77-43)22(56)14(54)5-46/h10,13-41,46-50,53-65H,4-9H2,1-3H3,(H,44,51)(H,45,52)(H,66,67)/t10-,13-,14+,15+,16+,17+,18+,19+,20+,21+,22+,23-,24+,25+,26+,27+,28-,29+,30-,31+,32+,33-,34+,35-,36-,37?,38-,39-,40-,41-,43-/m0/s1. The fourth-order valence-electron chi connectivity index (χ4n) is 9.96. The average molecular weight is 1150 g/mol. The molecule has 31 atom stereocenters. The highest BCUT2D eigenvalue weighted by Gasteiger charge is 2.62. The van der Waals surface area contributed by atoms with Gasteiger partial charge in [-0.15, -0.1) is 0 Å². The largest absolute Gasteiger partial charge is 0.477 e. The lowest BCUT2D eigenvalue weighted by Gasteiger charge is -2.52. The first kappa shape index (κ1) is 64.4. The van der Waals surface area contributed by atoms with Crippen molar-refractivity contribution < 1.29 is 164 Å². The van der Waals surface area contributed by atoms with E-state index in [1.165, 1.54) is 6.92 Å². The van der Waals surface area contributed by atoms with Gasteiger partial charge in [0.25, 0.3) is 5.79 Å². The molecule has 6 aliphatic rings. The van der Waals surface area contributed by atoms with E-state index >= 15 is 0 Å². The molecule has 35 nitrogen and oxygen atoms in total. The van der Waals surface area contributed by atoms with Gasteiger partial charge in [-0.25, -0.2) is 4.79 Å². The predicted octanol–water partition coefficient (Wildman–Crippen LogP) is -13.6. The van der Waals surface area contributed by atoms with Crippen molar-refractivity contribution >= 4 is 17.8 Å². The smallest absolute Gasteiger partial charge is 0.364 e. The third-order valence-corrected chi connectivity index (χ3v) is 14.2. The number of carboxylic acid groups (broad SMARTS) is 1. The number of hydrogen-bond acceptors (Lipinski definition) is 32. The molecule has 6 fully saturated rings. The number of aliphatic hydroxyl groups is 18. The number of aliphatic hydroxyl groups excluding tert-OH is 18. The summed E-state index contributed by atoms with van der Waals surface area (Å²) >= 11 is 0. The minimum absolute atomic E-state index is 0.848. The summed E-state index contributed by atoms with van der Waals surface area (Å²) in [5.74, 6) is -7.22. The number of ether oxygens (including phenoxy) is 11. The van der Waals surface area contributed by atoms with Crippen molar-refractivity contribution in [3.8, 4) is 0 Å². The third kappa shape index (κ3) is 13.5. The van der Waals surface area contributed by atoms with E-state index in [0.29, 0.717) is 0 Å². The van der Waals surface area contributed by atoms with Gasteiger partial charge in [0, 0.05) is 20.3 Å². The minimum Gasteiger partial charge on any atom is -0.477 e. The Bertz CT molecular complexity index is 1950. The molecule has 0 saturated carbocycles. The average Bonchev–Trinajstić information content (AvgIpc) is 3.40. The summed E-state index contributed by atoms with van der Waals surface area (Å²) in [6.45, 7) is -2.37. The fourth-order valence-corrected chi connectivity index (χ4v) is 9.96. The van der Waals surface area contributed by atoms with Gasteiger partial charge in [0.2, 0.25) is 11.8 Å². The first-order valence-corrected chi connectivity index (χ1v) is 24.6. The van der Waals surface area contributed by atoms with Gasteiger partial charge in [-0.05, 0) is 6.92 Å². The molecule has 6 heterocycles. The van der Waals surface area contributed by atoms with Crippen LogP contribution >= 0.6 is 0 Å². The van der Waals surface area contributed by atoms with Gasteiger partial charge in [0.1, 0.15) is 134 Å². The van der Waals surface area contributed by atoms with Crippen LogP contribution in [0.1, 0.15) is 27.2 Å². The molecule has 2 amide bonds. The zero-order valence-electron chi connectivity index (χ0n) is 41.8. The topological polar surface area (TPSA) is 561 Å². The van der Waals surface area contributed by atoms with Crippen molar-refractivity contribution in [1.82, 2.24) is 10.6 Å². The fraction of sp³-hybridized carbons (Fsp3) is 0.930. The summed E-state index contributed by atoms with van der Waals surface area (Å²) in [6.07, 6.45) is -58.4. The molecule has 0 spiro atoms. The van der Waals surface area contributed by atoms with Crippen LogP contribution < -0.4 is 10.6 Å². The molecule has 6 saturated heterocycles. The highest BCUT2D eigenvalue weighted by atomic mass is 16.8. The van der Waals surface area contributed by atoms with Gasteiger partial charge < -0.3 is 160 Å². The van der Waals surface area contributed by atoms with Crippen molar-refractivity contribution in [3.05, 3.63) is 0 Å². The van der Waals surface area contributed by atoms with Crippen LogP contribution in [0.4, 0.5) is 0 Å². The van der Waals surface area contributed by atoms with E-state index in [2.05, 4.69) is 10.6 Å². The van der Waals surface area contributed by atoms with Crippen LogP contribution in [0.2, 0.25) is 0 Å². The van der Waals surface area contributed by atoms with E-state index in [1.807, 2.05) is 0 Å². The van der Waals surface area contributed by atoms with Gasteiger partial charge in [-0.3, -0.25) is 9.59 Å². The van der Waals surface area contributed by atoms with Crippen LogP contribution in [0.5, 0.6) is 0 Å². The molecule has 6 aliphatic heterocycles. The van der Waals surface area contributed by atoms with Crippen LogP contribution in [-0.2, 0) is 66.5 Å². The number of carboxylic acids is 1. The number of carbonyl (C=O) groups is 3. The molecule has 1 unspecified atom stereocenters. The van der Waals surface area contributed by atoms with Gasteiger partial charge in [-0.2, -0.15) is 0 Å². The van der Waals surface area contributed by atoms with E-state index in [0.717, 1.165) is 13.8 Å². The number of hydrogen-bond donors (Lipinski definition) is 21. The Hall–Kier alpha value is -2.75. The Morgan fingerprint density at radius 3 is 1.54 bits per heavy atom. The molecule has 21 N–H and O–H groups in total. The summed E-state index contributed by atoms with van der Waals surface area (Å²) in [7, 11) is 0. The number of rotatable bonds is 20. The van der Waals surface area contributed by atoms with E-state index < -0.39 is 247 Å². The molecule has 0 aromatic rings. The molecule has 0 aliphatic carbocycles. The number of amides is 2. The molecule has 0 aromatic heterocycles. The van der Waals surface area contributed by atoms with E-state index in [-0.39, 0.29) is 0 Å². The van der Waals surface area contributed by atoms with Crippen molar-refractivity contribution in [1.29, 1.82) is 0 Å². The summed E-state index contributed by atoms with van der Waals surface area (Å²) in [6, 6.07) is -3.70. The van der Waals surface area contributed by atoms with Crippen molar-refractivity contribution in [2.75, 3.05) is 33.0 Å². The Balaban J connectivity index is 1.40. The monoisotopic (exact) mass is 1140 g/mol. The second kappa shape index (κ2) is 27.1. The number of carbonyl (C=O) groups excluding carboxylic acids is 2. The Kier molecular flexibility index (Phi) is 22.4. The molecule has 78 heavy (non-hydrogen) atoms. The second-order valence-electron chi connectivity index (χ2n) is 19.6. The van der Waals surface area contributed by atoms with Crippen LogP contribution in [0.3, 0.4) is 0 Å². The lowest BCUT2D eigenvalue weighted by Crippen LogP contribution is -2.72. The summed E-state index contributed by atoms with van der Waals surface area (Å²) in [5, 5.41) is 209. The number of nitrogens with one attached hydrogen (secondary N) is 2. The van der Waals surface area contributed by atoms with Gasteiger partial charge >= 0.3 is 5.97 Å². The van der Waals surface area contributed by atoms with Crippen molar-refractivity contribution in [2.24, 2.45) is 0 Å². The van der Waals surface area contributed by atoms with Crippen molar-refractivity contribution in [2.45, 2.75) is 217 Å². The molecule has 35 heteroatoms. The van der Waals surface area contributed by atoms with Crippen LogP contribution in [0.15, 0.2) is 0 Å². The first-order chi connectivity index (χ1) is 36.7. The first-order valence-electron chi connectivity index (χ1n) is 24.6. The van der Waals surface area contributed by atoms with Gasteiger partial charge in [0.05, 0.1) is 51.3 Å². The molecule has 6 rings (SSSR count). The Morgan fingerprint density at radius 2 is 1.00 bits per heavy atom. The summed E-state index contributed by atoms with van der Waals surface area (Å²) in [5.41, 5.74) is 0. The molecular weight excluding hydrogens is 1070 g/mol. The third-order valence-electron chi connectivity index (χ3n) is 14.2. The molecule has 452 valence electrons. The molecule has 0 aromatic carbocycles. The van der Waals surface area contributed by atoms with E-state index in [1.54, 1.807) is 0 Å². The second-order valence-corrected chi connectivity index (χ2v) is 19.6. The van der Waals surface area contributed by atoms with Crippen LogP contribution in [-0.4, -0.2) is 338 Å².